The van der Waals surface area contributed by atoms with E-state index in [0.29, 0.717) is 19.6 Å². The number of nitrogens with two attached hydrogens (primary N) is 1. The Hall–Kier alpha value is -2.87. The lowest BCUT2D eigenvalue weighted by molar-refractivity contribution is -0.0156. The van der Waals surface area contributed by atoms with Crippen molar-refractivity contribution in [2.75, 3.05) is 20.3 Å². The molecule has 0 saturated carbocycles. The monoisotopic (exact) mass is 453 g/mol. The number of hydrogen-bond donors (Lipinski definition) is 2. The van der Waals surface area contributed by atoms with E-state index in [0.717, 1.165) is 47.2 Å². The van der Waals surface area contributed by atoms with Gasteiger partial charge in [-0.05, 0) is 67.3 Å². The van der Waals surface area contributed by atoms with Crippen LogP contribution in [0.25, 0.3) is 17.0 Å². The van der Waals surface area contributed by atoms with Gasteiger partial charge in [0.1, 0.15) is 17.4 Å². The van der Waals surface area contributed by atoms with Gasteiger partial charge in [-0.1, -0.05) is 12.2 Å². The van der Waals surface area contributed by atoms with E-state index in [1.165, 1.54) is 6.07 Å². The van der Waals surface area contributed by atoms with Gasteiger partial charge in [0.15, 0.2) is 0 Å². The fraction of sp³-hybridized carbons (Fsp3) is 0.346. The number of ether oxygens (including phenoxy) is 2. The molecule has 3 aromatic rings. The highest BCUT2D eigenvalue weighted by molar-refractivity contribution is 5.83. The minimum absolute atomic E-state index is 0.0196. The van der Waals surface area contributed by atoms with Gasteiger partial charge >= 0.3 is 0 Å². The number of benzene rings is 2. The minimum atomic E-state index is -0.453. The van der Waals surface area contributed by atoms with Crippen LogP contribution < -0.4 is 15.8 Å². The Morgan fingerprint density at radius 3 is 2.88 bits per heavy atom. The summed E-state index contributed by atoms with van der Waals surface area (Å²) in [5.74, 6) is -0.0980. The van der Waals surface area contributed by atoms with Crippen molar-refractivity contribution in [3.8, 4) is 5.75 Å². The number of hydrogen-bond acceptors (Lipinski definition) is 5. The highest BCUT2D eigenvalue weighted by atomic mass is 19.1. The maximum absolute atomic E-state index is 13.7. The Bertz CT molecular complexity index is 1110. The highest BCUT2D eigenvalue weighted by Gasteiger charge is 2.26. The molecule has 7 heteroatoms. The number of rotatable bonds is 8. The van der Waals surface area contributed by atoms with Crippen LogP contribution in [0.3, 0.4) is 0 Å². The molecular formula is C26H29F2N3O2. The van der Waals surface area contributed by atoms with E-state index in [-0.39, 0.29) is 23.8 Å². The van der Waals surface area contributed by atoms with Crippen LogP contribution in [0.5, 0.6) is 5.75 Å². The Kier molecular flexibility index (Phi) is 7.65. The van der Waals surface area contributed by atoms with Crippen LogP contribution in [-0.2, 0) is 11.2 Å². The van der Waals surface area contributed by atoms with Crippen LogP contribution in [0.15, 0.2) is 54.7 Å². The molecule has 0 bridgehead atoms. The second-order valence-corrected chi connectivity index (χ2v) is 8.34. The molecule has 174 valence electrons. The number of pyridine rings is 1. The second-order valence-electron chi connectivity index (χ2n) is 8.34. The summed E-state index contributed by atoms with van der Waals surface area (Å²) >= 11 is 0. The first kappa shape index (κ1) is 23.3. The number of fused-ring (bicyclic) bond motifs is 1. The first-order valence-electron chi connectivity index (χ1n) is 11.2. The van der Waals surface area contributed by atoms with Gasteiger partial charge in [-0.3, -0.25) is 4.98 Å². The van der Waals surface area contributed by atoms with Crippen LogP contribution >= 0.6 is 0 Å². The first-order chi connectivity index (χ1) is 16.0. The summed E-state index contributed by atoms with van der Waals surface area (Å²) < 4.78 is 38.3. The standard InChI is InChI=1S/C26H29F2N3O2/c1-32-21-6-8-25-22(15-21)17(10-12-31-25)14-24(29)26-9-5-20(16-33-26)30-11-2-3-18-13-19(27)4-7-23(18)28/h2-4,6-8,10,12-13,15,20,24,26,30H,5,9,11,14,16,29H2,1H3/t20-,24?,26+/m1/s1. The van der Waals surface area contributed by atoms with Crippen molar-refractivity contribution in [3.63, 3.8) is 0 Å². The zero-order valence-electron chi connectivity index (χ0n) is 18.6. The number of aromatic nitrogens is 1. The normalized spacial score (nSPS) is 19.8. The fourth-order valence-corrected chi connectivity index (χ4v) is 4.21. The molecule has 2 heterocycles. The SMILES string of the molecule is COc1ccc2nccc(CC(N)[C@@H]3CC[C@@H](NCC=Cc4cc(F)ccc4F)CO3)c2c1. The predicted molar refractivity (Wildman–Crippen MR) is 126 cm³/mol. The maximum atomic E-state index is 13.7. The van der Waals surface area contributed by atoms with Crippen LogP contribution in [0.1, 0.15) is 24.0 Å². The smallest absolute Gasteiger partial charge is 0.130 e. The van der Waals surface area contributed by atoms with Gasteiger partial charge in [-0.15, -0.1) is 0 Å². The molecule has 0 amide bonds. The Morgan fingerprint density at radius 2 is 2.09 bits per heavy atom. The molecule has 1 aliphatic heterocycles. The van der Waals surface area contributed by atoms with E-state index in [2.05, 4.69) is 10.3 Å². The second kappa shape index (κ2) is 10.8. The molecule has 3 atom stereocenters. The van der Waals surface area contributed by atoms with E-state index in [1.807, 2.05) is 30.5 Å². The topological polar surface area (TPSA) is 69.4 Å². The lowest BCUT2D eigenvalue weighted by Gasteiger charge is -2.33. The van der Waals surface area contributed by atoms with Gasteiger partial charge < -0.3 is 20.5 Å². The van der Waals surface area contributed by atoms with Gasteiger partial charge in [0.25, 0.3) is 0 Å². The molecule has 2 aromatic carbocycles. The third kappa shape index (κ3) is 5.93. The van der Waals surface area contributed by atoms with E-state index in [4.69, 9.17) is 15.2 Å². The summed E-state index contributed by atoms with van der Waals surface area (Å²) in [7, 11) is 1.65. The molecule has 5 nitrogen and oxygen atoms in total. The third-order valence-corrected chi connectivity index (χ3v) is 6.06. The fourth-order valence-electron chi connectivity index (χ4n) is 4.21. The van der Waals surface area contributed by atoms with Gasteiger partial charge in [0.2, 0.25) is 0 Å². The Balaban J connectivity index is 1.27. The molecule has 1 unspecified atom stereocenters. The lowest BCUT2D eigenvalue weighted by atomic mass is 9.94. The van der Waals surface area contributed by atoms with Gasteiger partial charge in [-0.2, -0.15) is 0 Å². The Morgan fingerprint density at radius 1 is 1.21 bits per heavy atom. The van der Waals surface area contributed by atoms with Crippen LogP contribution in [0.4, 0.5) is 8.78 Å². The van der Waals surface area contributed by atoms with Crippen LogP contribution in [0.2, 0.25) is 0 Å². The molecule has 0 spiro atoms. The van der Waals surface area contributed by atoms with Crippen LogP contribution in [-0.4, -0.2) is 43.4 Å². The molecule has 0 aliphatic carbocycles. The molecule has 33 heavy (non-hydrogen) atoms. The number of nitrogens with zero attached hydrogens (tertiary/aromatic N) is 1. The van der Waals surface area contributed by atoms with Crippen molar-refractivity contribution >= 4 is 17.0 Å². The summed E-state index contributed by atoms with van der Waals surface area (Å²) in [4.78, 5) is 4.43. The molecule has 1 saturated heterocycles. The molecule has 1 aromatic heterocycles. The summed E-state index contributed by atoms with van der Waals surface area (Å²) in [5.41, 5.74) is 8.81. The summed E-state index contributed by atoms with van der Waals surface area (Å²) in [6.07, 6.45) is 7.64. The Labute approximate surface area is 192 Å². The van der Waals surface area contributed by atoms with Crippen molar-refractivity contribution in [1.29, 1.82) is 0 Å². The third-order valence-electron chi connectivity index (χ3n) is 6.06. The van der Waals surface area contributed by atoms with Crippen molar-refractivity contribution in [2.45, 2.75) is 37.5 Å². The van der Waals surface area contributed by atoms with Crippen molar-refractivity contribution in [3.05, 3.63) is 77.5 Å². The zero-order chi connectivity index (χ0) is 23.2. The number of methoxy groups -OCH3 is 1. The molecule has 0 radical (unpaired) electrons. The minimum Gasteiger partial charge on any atom is -0.497 e. The number of nitrogens with one attached hydrogen (secondary N) is 1. The predicted octanol–water partition coefficient (Wildman–Crippen LogP) is 4.24. The van der Waals surface area contributed by atoms with Crippen molar-refractivity contribution in [2.24, 2.45) is 5.73 Å². The van der Waals surface area contributed by atoms with Gasteiger partial charge in [0.05, 0.1) is 25.3 Å². The zero-order valence-corrected chi connectivity index (χ0v) is 18.6. The van der Waals surface area contributed by atoms with E-state index in [1.54, 1.807) is 19.3 Å². The average molecular weight is 454 g/mol. The summed E-state index contributed by atoms with van der Waals surface area (Å²) in [6.45, 7) is 1.11. The van der Waals surface area contributed by atoms with Crippen molar-refractivity contribution < 1.29 is 18.3 Å². The average Bonchev–Trinajstić information content (AvgIpc) is 2.84. The molecule has 3 N–H and O–H groups in total. The van der Waals surface area contributed by atoms with E-state index >= 15 is 0 Å². The van der Waals surface area contributed by atoms with Gasteiger partial charge in [-0.25, -0.2) is 8.78 Å². The van der Waals surface area contributed by atoms with E-state index in [9.17, 15) is 8.78 Å². The van der Waals surface area contributed by atoms with Gasteiger partial charge in [0, 0.05) is 35.8 Å². The molecule has 1 fully saturated rings. The maximum Gasteiger partial charge on any atom is 0.130 e. The van der Waals surface area contributed by atoms with E-state index < -0.39 is 11.6 Å². The molecular weight excluding hydrogens is 424 g/mol. The summed E-state index contributed by atoms with van der Waals surface area (Å²) in [5, 5.41) is 4.43. The molecule has 1 aliphatic rings. The summed E-state index contributed by atoms with van der Waals surface area (Å²) in [6, 6.07) is 11.3. The van der Waals surface area contributed by atoms with Crippen molar-refractivity contribution in [1.82, 2.24) is 10.3 Å². The highest BCUT2D eigenvalue weighted by Crippen LogP contribution is 2.25. The lowest BCUT2D eigenvalue weighted by Crippen LogP contribution is -2.47. The van der Waals surface area contributed by atoms with Crippen LogP contribution in [0, 0.1) is 11.6 Å². The number of halogens is 2. The largest absolute Gasteiger partial charge is 0.497 e. The first-order valence-corrected chi connectivity index (χ1v) is 11.2. The quantitative estimate of drug-likeness (QED) is 0.534. The molecule has 4 rings (SSSR count).